The smallest absolute Gasteiger partial charge is 0.227 e. The highest BCUT2D eigenvalue weighted by Crippen LogP contribution is 2.34. The monoisotopic (exact) mass is 214 g/mol. The van der Waals surface area contributed by atoms with E-state index in [0.29, 0.717) is 12.5 Å². The summed E-state index contributed by atoms with van der Waals surface area (Å²) in [5.74, 6) is 0.393. The second-order valence-corrected chi connectivity index (χ2v) is 4.80. The number of carbonyl (C=O) groups is 1. The van der Waals surface area contributed by atoms with Gasteiger partial charge in [-0.3, -0.25) is 4.79 Å². The summed E-state index contributed by atoms with van der Waals surface area (Å²) in [6, 6.07) is 0. The lowest BCUT2D eigenvalue weighted by atomic mass is 9.75. The van der Waals surface area contributed by atoms with Gasteiger partial charge in [-0.05, 0) is 25.8 Å². The molecule has 1 rings (SSSR count). The third kappa shape index (κ3) is 2.69. The van der Waals surface area contributed by atoms with Crippen LogP contribution >= 0.6 is 0 Å². The molecule has 0 saturated carbocycles. The average molecular weight is 214 g/mol. The van der Waals surface area contributed by atoms with Crippen LogP contribution in [0.15, 0.2) is 0 Å². The van der Waals surface area contributed by atoms with Gasteiger partial charge in [0, 0.05) is 13.1 Å². The van der Waals surface area contributed by atoms with E-state index < -0.39 is 6.10 Å². The highest BCUT2D eigenvalue weighted by molar-refractivity contribution is 5.83. The Morgan fingerprint density at radius 1 is 1.53 bits per heavy atom. The molecule has 4 heteroatoms. The van der Waals surface area contributed by atoms with E-state index >= 15 is 0 Å². The van der Waals surface area contributed by atoms with Gasteiger partial charge in [0.15, 0.2) is 0 Å². The van der Waals surface area contributed by atoms with Gasteiger partial charge in [0.1, 0.15) is 0 Å². The Kier molecular flexibility index (Phi) is 4.11. The van der Waals surface area contributed by atoms with Gasteiger partial charge in [-0.15, -0.1) is 0 Å². The highest BCUT2D eigenvalue weighted by Gasteiger charge is 2.43. The van der Waals surface area contributed by atoms with Crippen molar-refractivity contribution in [3.63, 3.8) is 0 Å². The lowest BCUT2D eigenvalue weighted by Gasteiger charge is -2.31. The van der Waals surface area contributed by atoms with Gasteiger partial charge >= 0.3 is 0 Å². The van der Waals surface area contributed by atoms with E-state index in [1.165, 1.54) is 0 Å². The largest absolute Gasteiger partial charge is 0.392 e. The predicted molar refractivity (Wildman–Crippen MR) is 59.4 cm³/mol. The maximum Gasteiger partial charge on any atom is 0.227 e. The fraction of sp³-hybridized carbons (Fsp3) is 0.909. The molecule has 1 aliphatic heterocycles. The molecule has 2 atom stereocenters. The summed E-state index contributed by atoms with van der Waals surface area (Å²) in [6.45, 7) is 7.82. The van der Waals surface area contributed by atoms with Crippen molar-refractivity contribution in [2.45, 2.75) is 33.3 Å². The molecule has 1 aliphatic rings. The maximum absolute atomic E-state index is 12.1. The summed E-state index contributed by atoms with van der Waals surface area (Å²) in [7, 11) is 0. The van der Waals surface area contributed by atoms with Crippen LogP contribution in [0, 0.1) is 11.3 Å². The minimum Gasteiger partial charge on any atom is -0.392 e. The molecule has 88 valence electrons. The lowest BCUT2D eigenvalue weighted by Crippen LogP contribution is -2.47. The number of carbonyl (C=O) groups excluding carboxylic acids is 1. The molecule has 0 aromatic carbocycles. The van der Waals surface area contributed by atoms with Crippen LogP contribution < -0.4 is 10.6 Å². The molecule has 0 radical (unpaired) electrons. The average Bonchev–Trinajstić information content (AvgIpc) is 2.63. The zero-order chi connectivity index (χ0) is 11.5. The molecule has 15 heavy (non-hydrogen) atoms. The van der Waals surface area contributed by atoms with Gasteiger partial charge in [-0.1, -0.05) is 13.8 Å². The molecule has 0 aromatic heterocycles. The highest BCUT2D eigenvalue weighted by atomic mass is 16.3. The van der Waals surface area contributed by atoms with E-state index in [1.807, 2.05) is 0 Å². The van der Waals surface area contributed by atoms with E-state index in [4.69, 9.17) is 5.11 Å². The summed E-state index contributed by atoms with van der Waals surface area (Å²) in [5, 5.41) is 15.2. The van der Waals surface area contributed by atoms with Crippen molar-refractivity contribution in [2.75, 3.05) is 19.6 Å². The van der Waals surface area contributed by atoms with Crippen molar-refractivity contribution in [1.82, 2.24) is 10.6 Å². The van der Waals surface area contributed by atoms with E-state index in [9.17, 15) is 4.79 Å². The van der Waals surface area contributed by atoms with Gasteiger partial charge in [-0.25, -0.2) is 0 Å². The van der Waals surface area contributed by atoms with Gasteiger partial charge in [0.25, 0.3) is 0 Å². The fourth-order valence-corrected chi connectivity index (χ4v) is 2.08. The van der Waals surface area contributed by atoms with Crippen molar-refractivity contribution >= 4 is 5.91 Å². The van der Waals surface area contributed by atoms with Gasteiger partial charge < -0.3 is 15.7 Å². The standard InChI is InChI=1S/C11H22N2O2/c1-8(2)11(4-5-12-7-11)10(15)13-6-9(3)14/h8-9,12,14H,4-7H2,1-3H3,(H,13,15)/t9-,11?/m0/s1. The second kappa shape index (κ2) is 4.94. The third-order valence-electron chi connectivity index (χ3n) is 3.30. The molecule has 1 fully saturated rings. The van der Waals surface area contributed by atoms with Crippen LogP contribution in [0.1, 0.15) is 27.2 Å². The number of nitrogens with one attached hydrogen (secondary N) is 2. The maximum atomic E-state index is 12.1. The molecule has 0 spiro atoms. The molecule has 0 aliphatic carbocycles. The molecule has 1 unspecified atom stereocenters. The first-order valence-electron chi connectivity index (χ1n) is 5.66. The van der Waals surface area contributed by atoms with Crippen molar-refractivity contribution in [2.24, 2.45) is 11.3 Å². The minimum absolute atomic E-state index is 0.0726. The molecular weight excluding hydrogens is 192 g/mol. The summed E-state index contributed by atoms with van der Waals surface area (Å²) < 4.78 is 0. The first-order valence-corrected chi connectivity index (χ1v) is 5.66. The number of aliphatic hydroxyl groups excluding tert-OH is 1. The Balaban J connectivity index is 2.60. The molecule has 3 N–H and O–H groups in total. The van der Waals surface area contributed by atoms with Gasteiger partial charge in [0.05, 0.1) is 11.5 Å². The summed E-state index contributed by atoms with van der Waals surface area (Å²) in [4.78, 5) is 12.1. The molecule has 0 aromatic rings. The zero-order valence-electron chi connectivity index (χ0n) is 9.84. The van der Waals surface area contributed by atoms with E-state index in [2.05, 4.69) is 24.5 Å². The summed E-state index contributed by atoms with van der Waals surface area (Å²) in [5.41, 5.74) is -0.283. The number of hydrogen-bond acceptors (Lipinski definition) is 3. The molecular formula is C11H22N2O2. The number of hydrogen-bond donors (Lipinski definition) is 3. The van der Waals surface area contributed by atoms with E-state index in [-0.39, 0.29) is 11.3 Å². The number of amides is 1. The first kappa shape index (κ1) is 12.5. The van der Waals surface area contributed by atoms with E-state index in [1.54, 1.807) is 6.92 Å². The Morgan fingerprint density at radius 3 is 2.60 bits per heavy atom. The Labute approximate surface area is 91.4 Å². The summed E-state index contributed by atoms with van der Waals surface area (Å²) >= 11 is 0. The molecule has 0 bridgehead atoms. The van der Waals surface area contributed by atoms with Crippen molar-refractivity contribution in [3.05, 3.63) is 0 Å². The lowest BCUT2D eigenvalue weighted by molar-refractivity contribution is -0.132. The molecule has 4 nitrogen and oxygen atoms in total. The topological polar surface area (TPSA) is 61.4 Å². The quantitative estimate of drug-likeness (QED) is 0.623. The number of aliphatic hydroxyl groups is 1. The van der Waals surface area contributed by atoms with Crippen LogP contribution in [0.25, 0.3) is 0 Å². The SMILES string of the molecule is CC(C)C1(C(=O)NC[C@H](C)O)CCNC1. The van der Waals surface area contributed by atoms with E-state index in [0.717, 1.165) is 19.5 Å². The van der Waals surface area contributed by atoms with Crippen LogP contribution in [0.3, 0.4) is 0 Å². The van der Waals surface area contributed by atoms with Crippen LogP contribution in [0.4, 0.5) is 0 Å². The first-order chi connectivity index (χ1) is 6.99. The number of rotatable bonds is 4. The Morgan fingerprint density at radius 2 is 2.20 bits per heavy atom. The van der Waals surface area contributed by atoms with Crippen molar-refractivity contribution < 1.29 is 9.90 Å². The second-order valence-electron chi connectivity index (χ2n) is 4.80. The van der Waals surface area contributed by atoms with Crippen LogP contribution in [-0.2, 0) is 4.79 Å². The third-order valence-corrected chi connectivity index (χ3v) is 3.30. The fourth-order valence-electron chi connectivity index (χ4n) is 2.08. The van der Waals surface area contributed by atoms with Crippen molar-refractivity contribution in [3.8, 4) is 0 Å². The Hall–Kier alpha value is -0.610. The minimum atomic E-state index is -0.479. The molecule has 1 heterocycles. The normalized spacial score (nSPS) is 28.1. The summed E-state index contributed by atoms with van der Waals surface area (Å²) in [6.07, 6.45) is 0.406. The van der Waals surface area contributed by atoms with Crippen molar-refractivity contribution in [1.29, 1.82) is 0 Å². The zero-order valence-corrected chi connectivity index (χ0v) is 9.84. The van der Waals surface area contributed by atoms with Gasteiger partial charge in [0.2, 0.25) is 5.91 Å². The van der Waals surface area contributed by atoms with Crippen LogP contribution in [0.5, 0.6) is 0 Å². The van der Waals surface area contributed by atoms with Gasteiger partial charge in [-0.2, -0.15) is 0 Å². The molecule has 1 amide bonds. The Bertz CT molecular complexity index is 221. The van der Waals surface area contributed by atoms with Crippen LogP contribution in [-0.4, -0.2) is 36.8 Å². The molecule has 1 saturated heterocycles. The predicted octanol–water partition coefficient (Wildman–Crippen LogP) is 0.119. The van der Waals surface area contributed by atoms with Crippen LogP contribution in [0.2, 0.25) is 0 Å².